The van der Waals surface area contributed by atoms with Crippen molar-refractivity contribution in [1.29, 1.82) is 0 Å². The van der Waals surface area contributed by atoms with E-state index in [0.29, 0.717) is 6.04 Å². The van der Waals surface area contributed by atoms with E-state index >= 15 is 0 Å². The van der Waals surface area contributed by atoms with Crippen molar-refractivity contribution in [2.75, 3.05) is 26.2 Å². The molecule has 2 aliphatic rings. The van der Waals surface area contributed by atoms with Gasteiger partial charge in [0.2, 0.25) is 0 Å². The second-order valence-electron chi connectivity index (χ2n) is 7.03. The van der Waals surface area contributed by atoms with Crippen LogP contribution >= 0.6 is 0 Å². The van der Waals surface area contributed by atoms with E-state index < -0.39 is 0 Å². The standard InChI is InChI=1S/C20H25N3O/c24-20(17-6-7-19-16(15-17)5-4-10-21-19)23-13-8-18(9-14-23)22-11-2-1-3-12-22/h4-7,10,15,18H,1-3,8-9,11-14H2. The lowest BCUT2D eigenvalue weighted by Crippen LogP contribution is -2.48. The average Bonchev–Trinajstić information content (AvgIpc) is 2.68. The molecule has 126 valence electrons. The fourth-order valence-corrected chi connectivity index (χ4v) is 4.11. The Morgan fingerprint density at radius 3 is 2.58 bits per heavy atom. The minimum absolute atomic E-state index is 0.165. The summed E-state index contributed by atoms with van der Waals surface area (Å²) in [6.45, 7) is 4.25. The molecule has 2 aromatic rings. The molecule has 0 N–H and O–H groups in total. The molecule has 2 fully saturated rings. The first-order valence-corrected chi connectivity index (χ1v) is 9.19. The van der Waals surface area contributed by atoms with Gasteiger partial charge in [-0.25, -0.2) is 0 Å². The molecule has 1 amide bonds. The third-order valence-corrected chi connectivity index (χ3v) is 5.51. The zero-order valence-electron chi connectivity index (χ0n) is 14.2. The lowest BCUT2D eigenvalue weighted by atomic mass is 9.99. The second kappa shape index (κ2) is 6.89. The van der Waals surface area contributed by atoms with Gasteiger partial charge in [0.25, 0.3) is 5.91 Å². The third-order valence-electron chi connectivity index (χ3n) is 5.51. The first kappa shape index (κ1) is 15.6. The SMILES string of the molecule is O=C(c1ccc2ncccc2c1)N1CCC(N2CCCCC2)CC1. The molecular weight excluding hydrogens is 298 g/mol. The Balaban J connectivity index is 1.41. The van der Waals surface area contributed by atoms with Crippen molar-refractivity contribution in [1.82, 2.24) is 14.8 Å². The maximum absolute atomic E-state index is 12.8. The van der Waals surface area contributed by atoms with Crippen LogP contribution in [0.2, 0.25) is 0 Å². The van der Waals surface area contributed by atoms with E-state index in [0.717, 1.165) is 42.4 Å². The minimum atomic E-state index is 0.165. The lowest BCUT2D eigenvalue weighted by molar-refractivity contribution is 0.0590. The van der Waals surface area contributed by atoms with Gasteiger partial charge in [-0.15, -0.1) is 0 Å². The Labute approximate surface area is 143 Å². The van der Waals surface area contributed by atoms with E-state index in [4.69, 9.17) is 0 Å². The van der Waals surface area contributed by atoms with Crippen molar-refractivity contribution in [3.8, 4) is 0 Å². The number of pyridine rings is 1. The molecule has 0 saturated carbocycles. The van der Waals surface area contributed by atoms with Gasteiger partial charge in [0, 0.05) is 36.3 Å². The van der Waals surface area contributed by atoms with Gasteiger partial charge in [0.15, 0.2) is 0 Å². The van der Waals surface area contributed by atoms with Gasteiger partial charge in [-0.2, -0.15) is 0 Å². The summed E-state index contributed by atoms with van der Waals surface area (Å²) in [4.78, 5) is 21.8. The van der Waals surface area contributed by atoms with E-state index in [9.17, 15) is 4.79 Å². The molecule has 24 heavy (non-hydrogen) atoms. The predicted molar refractivity (Wildman–Crippen MR) is 96.1 cm³/mol. The van der Waals surface area contributed by atoms with Gasteiger partial charge in [-0.05, 0) is 63.0 Å². The zero-order valence-corrected chi connectivity index (χ0v) is 14.2. The Morgan fingerprint density at radius 1 is 1.00 bits per heavy atom. The largest absolute Gasteiger partial charge is 0.339 e. The van der Waals surface area contributed by atoms with Crippen LogP contribution in [0.1, 0.15) is 42.5 Å². The summed E-state index contributed by atoms with van der Waals surface area (Å²) in [5.41, 5.74) is 1.73. The number of fused-ring (bicyclic) bond motifs is 1. The number of nitrogens with zero attached hydrogens (tertiary/aromatic N) is 3. The van der Waals surface area contributed by atoms with Gasteiger partial charge in [-0.3, -0.25) is 9.78 Å². The van der Waals surface area contributed by atoms with E-state index in [1.54, 1.807) is 6.20 Å². The van der Waals surface area contributed by atoms with E-state index in [1.807, 2.05) is 35.2 Å². The highest BCUT2D eigenvalue weighted by Crippen LogP contribution is 2.22. The van der Waals surface area contributed by atoms with Crippen molar-refractivity contribution >= 4 is 16.8 Å². The third kappa shape index (κ3) is 3.16. The highest BCUT2D eigenvalue weighted by molar-refractivity contribution is 5.98. The van der Waals surface area contributed by atoms with Crippen LogP contribution in [0.3, 0.4) is 0 Å². The van der Waals surface area contributed by atoms with Crippen LogP contribution in [0.25, 0.3) is 10.9 Å². The van der Waals surface area contributed by atoms with Crippen LogP contribution < -0.4 is 0 Å². The number of amides is 1. The molecule has 0 aliphatic carbocycles. The van der Waals surface area contributed by atoms with Crippen molar-refractivity contribution in [3.63, 3.8) is 0 Å². The second-order valence-corrected chi connectivity index (χ2v) is 7.03. The van der Waals surface area contributed by atoms with Gasteiger partial charge in [0.1, 0.15) is 0 Å². The number of carbonyl (C=O) groups excluding carboxylic acids is 1. The molecule has 1 aromatic heterocycles. The van der Waals surface area contributed by atoms with E-state index in [1.165, 1.54) is 32.4 Å². The molecule has 2 aliphatic heterocycles. The summed E-state index contributed by atoms with van der Waals surface area (Å²) >= 11 is 0. The quantitative estimate of drug-likeness (QED) is 0.850. The summed E-state index contributed by atoms with van der Waals surface area (Å²) < 4.78 is 0. The molecule has 4 heteroatoms. The first-order valence-electron chi connectivity index (χ1n) is 9.19. The van der Waals surface area contributed by atoms with Crippen LogP contribution in [0.5, 0.6) is 0 Å². The first-order chi connectivity index (χ1) is 11.8. The molecule has 0 radical (unpaired) electrons. The number of hydrogen-bond donors (Lipinski definition) is 0. The molecule has 1 aromatic carbocycles. The smallest absolute Gasteiger partial charge is 0.253 e. The van der Waals surface area contributed by atoms with E-state index in [2.05, 4.69) is 9.88 Å². The van der Waals surface area contributed by atoms with Crippen LogP contribution in [-0.4, -0.2) is 52.9 Å². The number of aromatic nitrogens is 1. The molecule has 4 rings (SSSR count). The predicted octanol–water partition coefficient (Wildman–Crippen LogP) is 3.33. The van der Waals surface area contributed by atoms with Crippen molar-refractivity contribution in [3.05, 3.63) is 42.1 Å². The summed E-state index contributed by atoms with van der Waals surface area (Å²) in [6.07, 6.45) is 8.07. The average molecular weight is 323 g/mol. The molecule has 4 nitrogen and oxygen atoms in total. The Morgan fingerprint density at radius 2 is 1.79 bits per heavy atom. The van der Waals surface area contributed by atoms with Gasteiger partial charge in [0.05, 0.1) is 5.52 Å². The summed E-state index contributed by atoms with van der Waals surface area (Å²) in [5.74, 6) is 0.165. The van der Waals surface area contributed by atoms with Gasteiger partial charge < -0.3 is 9.80 Å². The van der Waals surface area contributed by atoms with Crippen molar-refractivity contribution in [2.45, 2.75) is 38.1 Å². The molecule has 0 atom stereocenters. The van der Waals surface area contributed by atoms with Crippen LogP contribution in [0.15, 0.2) is 36.5 Å². The van der Waals surface area contributed by atoms with Crippen LogP contribution in [-0.2, 0) is 0 Å². The van der Waals surface area contributed by atoms with Crippen molar-refractivity contribution < 1.29 is 4.79 Å². The summed E-state index contributed by atoms with van der Waals surface area (Å²) in [7, 11) is 0. The molecule has 2 saturated heterocycles. The van der Waals surface area contributed by atoms with Gasteiger partial charge >= 0.3 is 0 Å². The molecule has 0 unspecified atom stereocenters. The van der Waals surface area contributed by atoms with Crippen molar-refractivity contribution in [2.24, 2.45) is 0 Å². The number of carbonyl (C=O) groups is 1. The highest BCUT2D eigenvalue weighted by Gasteiger charge is 2.28. The number of piperidine rings is 2. The Kier molecular flexibility index (Phi) is 4.48. The van der Waals surface area contributed by atoms with Crippen LogP contribution in [0, 0.1) is 0 Å². The van der Waals surface area contributed by atoms with Gasteiger partial charge in [-0.1, -0.05) is 12.5 Å². The fraction of sp³-hybridized carbons (Fsp3) is 0.500. The number of hydrogen-bond acceptors (Lipinski definition) is 3. The molecular formula is C20H25N3O. The Bertz CT molecular complexity index is 716. The minimum Gasteiger partial charge on any atom is -0.339 e. The molecule has 3 heterocycles. The normalized spacial score (nSPS) is 20.4. The number of benzene rings is 1. The summed E-state index contributed by atoms with van der Waals surface area (Å²) in [6, 6.07) is 10.4. The maximum Gasteiger partial charge on any atom is 0.253 e. The molecule has 0 bridgehead atoms. The maximum atomic E-state index is 12.8. The lowest BCUT2D eigenvalue weighted by Gasteiger charge is -2.40. The van der Waals surface area contributed by atoms with Crippen LogP contribution in [0.4, 0.5) is 0 Å². The summed E-state index contributed by atoms with van der Waals surface area (Å²) in [5, 5.41) is 1.03. The molecule has 0 spiro atoms. The topological polar surface area (TPSA) is 36.4 Å². The number of likely N-dealkylation sites (tertiary alicyclic amines) is 2. The zero-order chi connectivity index (χ0) is 16.4. The number of rotatable bonds is 2. The van der Waals surface area contributed by atoms with E-state index in [-0.39, 0.29) is 5.91 Å². The monoisotopic (exact) mass is 323 g/mol. The fourth-order valence-electron chi connectivity index (χ4n) is 4.11. The Hall–Kier alpha value is -1.94. The highest BCUT2D eigenvalue weighted by atomic mass is 16.2.